The second-order valence-electron chi connectivity index (χ2n) is 14.4. The van der Waals surface area contributed by atoms with E-state index in [2.05, 4.69) is 187 Å². The predicted octanol–water partition coefficient (Wildman–Crippen LogP) is 13.3. The van der Waals surface area contributed by atoms with Crippen molar-refractivity contribution >= 4 is 64.9 Å². The quantitative estimate of drug-likeness (QED) is 0.172. The topological polar surface area (TPSA) is 49.6 Å². The minimum absolute atomic E-state index is 0.290. The molecule has 0 saturated carbocycles. The monoisotopic (exact) mass is 746 g/mol. The fourth-order valence-electron chi connectivity index (χ4n) is 8.21. The number of rotatable bonds is 6. The first-order valence-corrected chi connectivity index (χ1v) is 20.0. The number of para-hydroxylation sites is 1. The van der Waals surface area contributed by atoms with Crippen LogP contribution in [0.15, 0.2) is 204 Å². The molecule has 0 radical (unpaired) electrons. The molecule has 57 heavy (non-hydrogen) atoms. The van der Waals surface area contributed by atoms with Crippen LogP contribution in [0.5, 0.6) is 0 Å². The van der Waals surface area contributed by atoms with Crippen molar-refractivity contribution in [3.05, 3.63) is 211 Å². The Hall–Kier alpha value is -7.21. The number of hydrogen-bond acceptors (Lipinski definition) is 5. The predicted molar refractivity (Wildman–Crippen MR) is 240 cm³/mol. The summed E-state index contributed by atoms with van der Waals surface area (Å²) in [5, 5.41) is 9.81. The third kappa shape index (κ3) is 5.88. The molecule has 1 N–H and O–H groups in total. The Morgan fingerprint density at radius 1 is 0.456 bits per heavy atom. The summed E-state index contributed by atoms with van der Waals surface area (Å²) in [6.07, 6.45) is -0.290. The van der Waals surface area contributed by atoms with Crippen molar-refractivity contribution in [2.75, 3.05) is 0 Å². The Kier molecular flexibility index (Phi) is 8.04. The molecule has 5 heteroatoms. The van der Waals surface area contributed by atoms with Gasteiger partial charge in [0.05, 0.1) is 11.2 Å². The zero-order chi connectivity index (χ0) is 37.7. The van der Waals surface area contributed by atoms with Crippen LogP contribution < -0.4 is 5.32 Å². The maximum Gasteiger partial charge on any atom is 0.159 e. The Morgan fingerprint density at radius 3 is 1.91 bits per heavy atom. The number of aromatic nitrogens is 1. The minimum Gasteiger partial charge on any atom is -0.344 e. The van der Waals surface area contributed by atoms with Gasteiger partial charge in [-0.15, -0.1) is 11.3 Å². The van der Waals surface area contributed by atoms with E-state index in [9.17, 15) is 0 Å². The molecule has 2 aromatic heterocycles. The molecule has 1 atom stereocenters. The highest BCUT2D eigenvalue weighted by atomic mass is 32.1. The van der Waals surface area contributed by atoms with Gasteiger partial charge in [-0.05, 0) is 52.1 Å². The molecule has 0 aliphatic carbocycles. The van der Waals surface area contributed by atoms with E-state index in [0.717, 1.165) is 56.0 Å². The van der Waals surface area contributed by atoms with Gasteiger partial charge in [0.15, 0.2) is 5.84 Å². The molecule has 1 aliphatic rings. The third-order valence-corrected chi connectivity index (χ3v) is 12.1. The van der Waals surface area contributed by atoms with E-state index in [1.165, 1.54) is 41.9 Å². The van der Waals surface area contributed by atoms with Crippen molar-refractivity contribution in [1.82, 2.24) is 10.3 Å². The Labute approximate surface area is 334 Å². The van der Waals surface area contributed by atoms with Crippen LogP contribution in [-0.4, -0.2) is 16.7 Å². The summed E-state index contributed by atoms with van der Waals surface area (Å²) in [5.74, 6) is 1.50. The highest BCUT2D eigenvalue weighted by molar-refractivity contribution is 7.26. The number of aliphatic imine (C=N–C) groups is 2. The van der Waals surface area contributed by atoms with Gasteiger partial charge in [0.2, 0.25) is 0 Å². The molecule has 0 amide bonds. The van der Waals surface area contributed by atoms with Crippen LogP contribution in [0.1, 0.15) is 22.9 Å². The normalized spacial score (nSPS) is 14.1. The fourth-order valence-corrected chi connectivity index (χ4v) is 9.45. The largest absolute Gasteiger partial charge is 0.344 e. The summed E-state index contributed by atoms with van der Waals surface area (Å²) in [7, 11) is 0. The van der Waals surface area contributed by atoms with Gasteiger partial charge in [-0.1, -0.05) is 170 Å². The standard InChI is InChI=1S/C52H34N4S/c1-4-15-33(16-5-1)36-21-12-23-38(31-36)51-54-50(35-19-8-3-9-20-35)55-52(56-51)39-24-13-22-37(32-39)40-26-14-27-43-47-45(57-49(40)43)30-29-42-46(47)41-25-10-11-28-44(41)53-48(42)34-17-6-2-7-18-34/h1-32,50H,(H,54,55,56). The second kappa shape index (κ2) is 13.8. The van der Waals surface area contributed by atoms with Gasteiger partial charge in [0, 0.05) is 53.0 Å². The van der Waals surface area contributed by atoms with Gasteiger partial charge in [-0.3, -0.25) is 0 Å². The van der Waals surface area contributed by atoms with E-state index in [-0.39, 0.29) is 6.17 Å². The minimum atomic E-state index is -0.290. The summed E-state index contributed by atoms with van der Waals surface area (Å²) in [6.45, 7) is 0. The van der Waals surface area contributed by atoms with Crippen LogP contribution in [0.3, 0.4) is 0 Å². The molecular weight excluding hydrogens is 713 g/mol. The zero-order valence-corrected chi connectivity index (χ0v) is 31.6. The lowest BCUT2D eigenvalue weighted by Gasteiger charge is -2.24. The first kappa shape index (κ1) is 33.2. The average molecular weight is 747 g/mol. The third-order valence-electron chi connectivity index (χ3n) is 10.9. The SMILES string of the molecule is c1ccc(-c2cccc(C3=NC(c4ccccc4)NC(c4cccc(-c5cccc6c5sc5ccc7c(-c8ccccc8)nc8ccccc8c7c56)c4)=N3)c2)cc1. The molecule has 0 saturated heterocycles. The number of fused-ring (bicyclic) bond motifs is 7. The van der Waals surface area contributed by atoms with E-state index >= 15 is 0 Å². The smallest absolute Gasteiger partial charge is 0.159 e. The van der Waals surface area contributed by atoms with Crippen molar-refractivity contribution in [3.8, 4) is 33.5 Å². The van der Waals surface area contributed by atoms with Crippen molar-refractivity contribution in [3.63, 3.8) is 0 Å². The first-order valence-electron chi connectivity index (χ1n) is 19.2. The summed E-state index contributed by atoms with van der Waals surface area (Å²) in [5.41, 5.74) is 10.8. The van der Waals surface area contributed by atoms with Gasteiger partial charge in [0.1, 0.15) is 12.0 Å². The molecule has 1 aliphatic heterocycles. The summed E-state index contributed by atoms with van der Waals surface area (Å²) < 4.78 is 2.53. The molecule has 11 rings (SSSR count). The van der Waals surface area contributed by atoms with Crippen LogP contribution in [0.4, 0.5) is 0 Å². The van der Waals surface area contributed by atoms with E-state index in [4.69, 9.17) is 15.0 Å². The Bertz CT molecular complexity index is 3200. The lowest BCUT2D eigenvalue weighted by atomic mass is 9.95. The van der Waals surface area contributed by atoms with Crippen molar-refractivity contribution < 1.29 is 0 Å². The van der Waals surface area contributed by atoms with Crippen LogP contribution in [0.2, 0.25) is 0 Å². The second-order valence-corrected chi connectivity index (χ2v) is 15.4. The number of nitrogens with zero attached hydrogens (tertiary/aromatic N) is 3. The molecule has 3 heterocycles. The number of thiophene rings is 1. The van der Waals surface area contributed by atoms with Crippen molar-refractivity contribution in [2.24, 2.45) is 9.98 Å². The van der Waals surface area contributed by atoms with Gasteiger partial charge >= 0.3 is 0 Å². The summed E-state index contributed by atoms with van der Waals surface area (Å²) >= 11 is 1.86. The molecule has 8 aromatic carbocycles. The molecule has 268 valence electrons. The Balaban J connectivity index is 1.05. The fraction of sp³-hybridized carbons (Fsp3) is 0.0192. The van der Waals surface area contributed by atoms with E-state index < -0.39 is 0 Å². The van der Waals surface area contributed by atoms with Crippen LogP contribution >= 0.6 is 11.3 Å². The van der Waals surface area contributed by atoms with E-state index in [1.807, 2.05) is 23.5 Å². The van der Waals surface area contributed by atoms with Gasteiger partial charge in [0.25, 0.3) is 0 Å². The number of nitrogens with one attached hydrogen (secondary N) is 1. The molecular formula is C52H34N4S. The van der Waals surface area contributed by atoms with Gasteiger partial charge in [-0.25, -0.2) is 15.0 Å². The summed E-state index contributed by atoms with van der Waals surface area (Å²) in [4.78, 5) is 15.6. The molecule has 0 fully saturated rings. The number of benzene rings is 8. The van der Waals surface area contributed by atoms with Gasteiger partial charge < -0.3 is 5.32 Å². The first-order chi connectivity index (χ1) is 28.2. The van der Waals surface area contributed by atoms with Gasteiger partial charge in [-0.2, -0.15) is 0 Å². The highest BCUT2D eigenvalue weighted by Crippen LogP contribution is 2.46. The molecule has 0 spiro atoms. The molecule has 4 nitrogen and oxygen atoms in total. The number of pyridine rings is 1. The molecule has 1 unspecified atom stereocenters. The Morgan fingerprint density at radius 2 is 1.09 bits per heavy atom. The van der Waals surface area contributed by atoms with Crippen molar-refractivity contribution in [2.45, 2.75) is 6.17 Å². The maximum atomic E-state index is 5.21. The lowest BCUT2D eigenvalue weighted by Crippen LogP contribution is -2.33. The van der Waals surface area contributed by atoms with Crippen LogP contribution in [-0.2, 0) is 0 Å². The molecule has 10 aromatic rings. The van der Waals surface area contributed by atoms with E-state index in [0.29, 0.717) is 5.84 Å². The zero-order valence-electron chi connectivity index (χ0n) is 30.8. The maximum absolute atomic E-state index is 5.21. The van der Waals surface area contributed by atoms with Crippen LogP contribution in [0, 0.1) is 0 Å². The lowest BCUT2D eigenvalue weighted by molar-refractivity contribution is 0.674. The number of hydrogen-bond donors (Lipinski definition) is 1. The highest BCUT2D eigenvalue weighted by Gasteiger charge is 2.23. The number of amidine groups is 2. The average Bonchev–Trinajstić information content (AvgIpc) is 3.69. The summed E-state index contributed by atoms with van der Waals surface area (Å²) in [6, 6.07) is 68.5. The van der Waals surface area contributed by atoms with Crippen molar-refractivity contribution in [1.29, 1.82) is 0 Å². The molecule has 0 bridgehead atoms. The van der Waals surface area contributed by atoms with E-state index in [1.54, 1.807) is 0 Å². The van der Waals surface area contributed by atoms with Crippen LogP contribution in [0.25, 0.3) is 75.4 Å².